The van der Waals surface area contributed by atoms with Crippen molar-refractivity contribution in [3.63, 3.8) is 0 Å². The number of carbonyl (C=O) groups is 1. The number of halogens is 2. The van der Waals surface area contributed by atoms with Crippen LogP contribution in [0.5, 0.6) is 0 Å². The Morgan fingerprint density at radius 2 is 2.12 bits per heavy atom. The Labute approximate surface area is 112 Å². The van der Waals surface area contributed by atoms with Crippen molar-refractivity contribution in [1.82, 2.24) is 5.32 Å². The van der Waals surface area contributed by atoms with E-state index in [4.69, 9.17) is 23.2 Å². The monoisotopic (exact) mass is 273 g/mol. The van der Waals surface area contributed by atoms with Crippen LogP contribution >= 0.6 is 23.2 Å². The number of nitrogens with one attached hydrogen (secondary N) is 1. The highest BCUT2D eigenvalue weighted by molar-refractivity contribution is 6.30. The van der Waals surface area contributed by atoms with Crippen molar-refractivity contribution in [2.24, 2.45) is 0 Å². The van der Waals surface area contributed by atoms with Gasteiger partial charge in [0.2, 0.25) is 5.91 Å². The normalized spacial score (nSPS) is 13.2. The lowest BCUT2D eigenvalue weighted by Gasteiger charge is -2.29. The number of benzene rings is 1. The van der Waals surface area contributed by atoms with Crippen molar-refractivity contribution < 1.29 is 4.79 Å². The van der Waals surface area contributed by atoms with Crippen LogP contribution in [-0.4, -0.2) is 16.8 Å². The van der Waals surface area contributed by atoms with Gasteiger partial charge in [0.05, 0.1) is 17.3 Å². The molecule has 1 aromatic rings. The first kappa shape index (κ1) is 14.3. The van der Waals surface area contributed by atoms with Crippen molar-refractivity contribution in [3.8, 4) is 0 Å². The van der Waals surface area contributed by atoms with E-state index in [0.717, 1.165) is 5.56 Å². The summed E-state index contributed by atoms with van der Waals surface area (Å²) >= 11 is 11.9. The quantitative estimate of drug-likeness (QED) is 0.838. The maximum absolute atomic E-state index is 11.8. The number of hydrogen-bond donors (Lipinski definition) is 1. The maximum Gasteiger partial charge on any atom is 0.224 e. The molecule has 0 aliphatic rings. The Bertz CT molecular complexity index is 402. The van der Waals surface area contributed by atoms with Gasteiger partial charge in [0.25, 0.3) is 0 Å². The van der Waals surface area contributed by atoms with E-state index < -0.39 is 5.54 Å². The van der Waals surface area contributed by atoms with Gasteiger partial charge in [0.15, 0.2) is 0 Å². The third-order valence-electron chi connectivity index (χ3n) is 2.71. The van der Waals surface area contributed by atoms with Crippen LogP contribution < -0.4 is 5.32 Å². The summed E-state index contributed by atoms with van der Waals surface area (Å²) in [5.41, 5.74) is 0.477. The Morgan fingerprint density at radius 1 is 1.47 bits per heavy atom. The summed E-state index contributed by atoms with van der Waals surface area (Å²) in [6.45, 7) is 5.67. The van der Waals surface area contributed by atoms with Crippen LogP contribution in [0.15, 0.2) is 24.3 Å². The molecule has 2 nitrogen and oxygen atoms in total. The molecule has 0 aliphatic heterocycles. The molecule has 17 heavy (non-hydrogen) atoms. The minimum absolute atomic E-state index is 0.0511. The molecule has 4 heteroatoms. The fourth-order valence-electron chi connectivity index (χ4n) is 1.34. The molecular formula is C13H17Cl2NO. The van der Waals surface area contributed by atoms with Gasteiger partial charge in [-0.2, -0.15) is 0 Å². The highest BCUT2D eigenvalue weighted by Gasteiger charge is 2.25. The van der Waals surface area contributed by atoms with E-state index in [2.05, 4.69) is 5.32 Å². The first-order chi connectivity index (χ1) is 7.81. The van der Waals surface area contributed by atoms with Crippen molar-refractivity contribution in [3.05, 3.63) is 34.9 Å². The summed E-state index contributed by atoms with van der Waals surface area (Å²) < 4.78 is 0. The molecule has 0 fully saturated rings. The zero-order chi connectivity index (χ0) is 13.1. The number of carbonyl (C=O) groups excluding carboxylic acids is 1. The molecule has 94 valence electrons. The van der Waals surface area contributed by atoms with Gasteiger partial charge in [-0.3, -0.25) is 4.79 Å². The Kier molecular flexibility index (Phi) is 4.84. The Balaban J connectivity index is 2.62. The second-order valence-electron chi connectivity index (χ2n) is 4.69. The van der Waals surface area contributed by atoms with E-state index in [1.165, 1.54) is 0 Å². The van der Waals surface area contributed by atoms with Gasteiger partial charge in [0, 0.05) is 5.02 Å². The molecule has 1 N–H and O–H groups in total. The van der Waals surface area contributed by atoms with Crippen LogP contribution in [0.2, 0.25) is 5.02 Å². The number of amides is 1. The fourth-order valence-corrected chi connectivity index (χ4v) is 1.60. The first-order valence-electron chi connectivity index (χ1n) is 5.51. The second kappa shape index (κ2) is 5.74. The highest BCUT2D eigenvalue weighted by atomic mass is 35.5. The summed E-state index contributed by atoms with van der Waals surface area (Å²) in [6, 6.07) is 7.29. The van der Waals surface area contributed by atoms with Crippen LogP contribution in [0.4, 0.5) is 0 Å². The maximum atomic E-state index is 11.8. The number of rotatable bonds is 4. The van der Waals surface area contributed by atoms with Gasteiger partial charge < -0.3 is 5.32 Å². The summed E-state index contributed by atoms with van der Waals surface area (Å²) in [5.74, 6) is -0.0511. The molecule has 0 bridgehead atoms. The smallest absolute Gasteiger partial charge is 0.224 e. The largest absolute Gasteiger partial charge is 0.349 e. The molecule has 0 spiro atoms. The lowest BCUT2D eigenvalue weighted by molar-refractivity contribution is -0.122. The number of alkyl halides is 1. The van der Waals surface area contributed by atoms with Gasteiger partial charge in [-0.1, -0.05) is 23.7 Å². The Morgan fingerprint density at radius 3 is 2.65 bits per heavy atom. The second-order valence-corrected chi connectivity index (χ2v) is 5.78. The van der Waals surface area contributed by atoms with Crippen molar-refractivity contribution in [2.45, 2.75) is 38.1 Å². The molecule has 0 radical (unpaired) electrons. The van der Waals surface area contributed by atoms with Crippen molar-refractivity contribution in [2.75, 3.05) is 0 Å². The molecule has 1 atom stereocenters. The SMILES string of the molecule is CC(Cl)C(C)(C)NC(=O)Cc1cccc(Cl)c1. The summed E-state index contributed by atoms with van der Waals surface area (Å²) in [7, 11) is 0. The molecule has 1 amide bonds. The van der Waals surface area contributed by atoms with E-state index in [0.29, 0.717) is 11.4 Å². The van der Waals surface area contributed by atoms with E-state index in [1.807, 2.05) is 32.9 Å². The zero-order valence-corrected chi connectivity index (χ0v) is 11.8. The van der Waals surface area contributed by atoms with Gasteiger partial charge in [-0.05, 0) is 38.5 Å². The average Bonchev–Trinajstić information content (AvgIpc) is 2.15. The van der Waals surface area contributed by atoms with E-state index in [-0.39, 0.29) is 11.3 Å². The van der Waals surface area contributed by atoms with Crippen LogP contribution in [0.1, 0.15) is 26.3 Å². The van der Waals surface area contributed by atoms with Crippen LogP contribution in [0.3, 0.4) is 0 Å². The van der Waals surface area contributed by atoms with Crippen molar-refractivity contribution in [1.29, 1.82) is 0 Å². The molecule has 1 rings (SSSR count). The molecule has 0 aromatic heterocycles. The topological polar surface area (TPSA) is 29.1 Å². The molecule has 1 aromatic carbocycles. The lowest BCUT2D eigenvalue weighted by atomic mass is 10.0. The van der Waals surface area contributed by atoms with E-state index >= 15 is 0 Å². The van der Waals surface area contributed by atoms with Gasteiger partial charge >= 0.3 is 0 Å². The number of hydrogen-bond acceptors (Lipinski definition) is 1. The lowest BCUT2D eigenvalue weighted by Crippen LogP contribution is -2.49. The molecule has 0 aliphatic carbocycles. The van der Waals surface area contributed by atoms with Crippen LogP contribution in [0, 0.1) is 0 Å². The minimum atomic E-state index is -0.419. The predicted octanol–water partition coefficient (Wildman–Crippen LogP) is 3.40. The molecule has 0 heterocycles. The average molecular weight is 274 g/mol. The van der Waals surface area contributed by atoms with E-state index in [9.17, 15) is 4.79 Å². The standard InChI is InChI=1S/C13H17Cl2NO/c1-9(14)13(2,3)16-12(17)8-10-5-4-6-11(15)7-10/h4-7,9H,8H2,1-3H3,(H,16,17). The first-order valence-corrected chi connectivity index (χ1v) is 6.32. The zero-order valence-electron chi connectivity index (χ0n) is 10.3. The third kappa shape index (κ3) is 4.57. The van der Waals surface area contributed by atoms with Crippen molar-refractivity contribution >= 4 is 29.1 Å². The molecule has 0 saturated carbocycles. The highest BCUT2D eigenvalue weighted by Crippen LogP contribution is 2.16. The molecular weight excluding hydrogens is 257 g/mol. The van der Waals surface area contributed by atoms with Crippen LogP contribution in [0.25, 0.3) is 0 Å². The fraction of sp³-hybridized carbons (Fsp3) is 0.462. The van der Waals surface area contributed by atoms with Gasteiger partial charge in [-0.15, -0.1) is 11.6 Å². The summed E-state index contributed by atoms with van der Waals surface area (Å²) in [6.07, 6.45) is 0.313. The van der Waals surface area contributed by atoms with Crippen LogP contribution in [-0.2, 0) is 11.2 Å². The van der Waals surface area contributed by atoms with Gasteiger partial charge in [-0.25, -0.2) is 0 Å². The molecule has 0 saturated heterocycles. The third-order valence-corrected chi connectivity index (χ3v) is 3.49. The summed E-state index contributed by atoms with van der Waals surface area (Å²) in [4.78, 5) is 11.8. The van der Waals surface area contributed by atoms with Gasteiger partial charge in [0.1, 0.15) is 0 Å². The minimum Gasteiger partial charge on any atom is -0.349 e. The Hall–Kier alpha value is -0.730. The predicted molar refractivity (Wildman–Crippen MR) is 72.7 cm³/mol. The summed E-state index contributed by atoms with van der Waals surface area (Å²) in [5, 5.41) is 3.42. The van der Waals surface area contributed by atoms with E-state index in [1.54, 1.807) is 12.1 Å². The molecule has 1 unspecified atom stereocenters.